The molecule has 5 heteroatoms. The first-order valence-corrected chi connectivity index (χ1v) is 9.08. The molecular formula is C16H17N3S2. The summed E-state index contributed by atoms with van der Waals surface area (Å²) in [5.41, 5.74) is 3.45. The number of thiophene rings is 1. The Labute approximate surface area is 132 Å². The zero-order valence-electron chi connectivity index (χ0n) is 11.9. The molecule has 1 fully saturated rings. The maximum absolute atomic E-state index is 4.83. The van der Waals surface area contributed by atoms with Crippen molar-refractivity contribution in [3.05, 3.63) is 34.3 Å². The van der Waals surface area contributed by atoms with E-state index >= 15 is 0 Å². The molecule has 0 unspecified atom stereocenters. The van der Waals surface area contributed by atoms with E-state index < -0.39 is 0 Å². The summed E-state index contributed by atoms with van der Waals surface area (Å²) in [5.74, 6) is 0. The lowest BCUT2D eigenvalue weighted by molar-refractivity contribution is 0.689. The van der Waals surface area contributed by atoms with Gasteiger partial charge < -0.3 is 5.32 Å². The number of aryl methyl sites for hydroxylation is 1. The number of fused-ring (bicyclic) bond motifs is 1. The van der Waals surface area contributed by atoms with E-state index in [9.17, 15) is 0 Å². The molecule has 0 bridgehead atoms. The largest absolute Gasteiger partial charge is 0.309 e. The van der Waals surface area contributed by atoms with E-state index in [1.54, 1.807) is 11.3 Å². The number of hydrogen-bond acceptors (Lipinski definition) is 5. The molecule has 0 spiro atoms. The summed E-state index contributed by atoms with van der Waals surface area (Å²) in [5, 5.41) is 6.78. The first-order valence-electron chi connectivity index (χ1n) is 7.39. The van der Waals surface area contributed by atoms with Gasteiger partial charge in [0.2, 0.25) is 0 Å². The van der Waals surface area contributed by atoms with Crippen molar-refractivity contribution in [3.63, 3.8) is 0 Å². The summed E-state index contributed by atoms with van der Waals surface area (Å²) in [7, 11) is 0. The van der Waals surface area contributed by atoms with Gasteiger partial charge in [0.25, 0.3) is 0 Å². The van der Waals surface area contributed by atoms with Crippen LogP contribution in [0.2, 0.25) is 0 Å². The molecule has 0 amide bonds. The first kappa shape index (κ1) is 13.4. The van der Waals surface area contributed by atoms with Crippen LogP contribution in [0.25, 0.3) is 20.8 Å². The van der Waals surface area contributed by atoms with E-state index in [0.29, 0.717) is 0 Å². The second-order valence-corrected chi connectivity index (χ2v) is 7.46. The van der Waals surface area contributed by atoms with Crippen molar-refractivity contribution in [3.8, 4) is 10.6 Å². The molecule has 0 aromatic carbocycles. The normalized spacial score (nSPS) is 14.9. The fraction of sp³-hybridized carbons (Fsp3) is 0.375. The Morgan fingerprint density at radius 1 is 1.38 bits per heavy atom. The number of nitrogens with one attached hydrogen (secondary N) is 1. The summed E-state index contributed by atoms with van der Waals surface area (Å²) in [6.07, 6.45) is 5.59. The molecule has 1 aliphatic rings. The van der Waals surface area contributed by atoms with Crippen molar-refractivity contribution >= 4 is 32.9 Å². The number of nitrogens with zero attached hydrogens (tertiary/aromatic N) is 2. The highest BCUT2D eigenvalue weighted by Gasteiger charge is 2.21. The van der Waals surface area contributed by atoms with Gasteiger partial charge >= 0.3 is 0 Å². The smallest absolute Gasteiger partial charge is 0.125 e. The van der Waals surface area contributed by atoms with Crippen LogP contribution in [0, 0.1) is 0 Å². The Kier molecular flexibility index (Phi) is 3.49. The van der Waals surface area contributed by atoms with E-state index in [1.165, 1.54) is 28.1 Å². The van der Waals surface area contributed by atoms with Crippen molar-refractivity contribution in [2.75, 3.05) is 0 Å². The fourth-order valence-electron chi connectivity index (χ4n) is 2.41. The van der Waals surface area contributed by atoms with Crippen LogP contribution in [0.3, 0.4) is 0 Å². The average molecular weight is 315 g/mol. The zero-order valence-corrected chi connectivity index (χ0v) is 13.6. The molecule has 3 aromatic rings. The van der Waals surface area contributed by atoms with Gasteiger partial charge in [-0.15, -0.1) is 22.7 Å². The molecule has 0 atom stereocenters. The third kappa shape index (κ3) is 2.73. The molecule has 3 aromatic heterocycles. The van der Waals surface area contributed by atoms with Crippen LogP contribution in [0.1, 0.15) is 30.3 Å². The van der Waals surface area contributed by atoms with Gasteiger partial charge in [0.05, 0.1) is 15.9 Å². The Hall–Kier alpha value is -1.30. The maximum atomic E-state index is 4.83. The standard InChI is InChI=1S/C16H17N3S2/c1-2-12-15(9-17-11-3-4-11)21-16(19-12)10-7-14-13(18-8-10)5-6-20-14/h5-8,11,17H,2-4,9H2,1H3. The summed E-state index contributed by atoms with van der Waals surface area (Å²) in [4.78, 5) is 10.7. The molecule has 0 aliphatic heterocycles. The Morgan fingerprint density at radius 2 is 2.29 bits per heavy atom. The predicted molar refractivity (Wildman–Crippen MR) is 90.0 cm³/mol. The zero-order chi connectivity index (χ0) is 14.2. The van der Waals surface area contributed by atoms with Crippen LogP contribution >= 0.6 is 22.7 Å². The third-order valence-corrected chi connectivity index (χ3v) is 5.79. The van der Waals surface area contributed by atoms with Crippen LogP contribution in [-0.4, -0.2) is 16.0 Å². The number of pyridine rings is 1. The van der Waals surface area contributed by atoms with E-state index in [0.717, 1.165) is 35.1 Å². The van der Waals surface area contributed by atoms with Crippen molar-refractivity contribution in [2.24, 2.45) is 0 Å². The molecule has 3 heterocycles. The molecule has 21 heavy (non-hydrogen) atoms. The van der Waals surface area contributed by atoms with Crippen LogP contribution < -0.4 is 5.32 Å². The molecule has 1 aliphatic carbocycles. The summed E-state index contributed by atoms with van der Waals surface area (Å²) in [6.45, 7) is 3.14. The average Bonchev–Trinajstić information content (AvgIpc) is 3.07. The van der Waals surface area contributed by atoms with Crippen LogP contribution in [0.15, 0.2) is 23.7 Å². The Bertz CT molecular complexity index is 771. The maximum Gasteiger partial charge on any atom is 0.125 e. The van der Waals surface area contributed by atoms with Gasteiger partial charge in [0.15, 0.2) is 0 Å². The molecule has 0 radical (unpaired) electrons. The highest BCUT2D eigenvalue weighted by atomic mass is 32.1. The van der Waals surface area contributed by atoms with Gasteiger partial charge in [-0.25, -0.2) is 4.98 Å². The summed E-state index contributed by atoms with van der Waals surface area (Å²) >= 11 is 3.55. The van der Waals surface area contributed by atoms with Gasteiger partial charge in [0, 0.05) is 29.2 Å². The number of aromatic nitrogens is 2. The molecule has 0 saturated heterocycles. The van der Waals surface area contributed by atoms with Crippen LogP contribution in [0.5, 0.6) is 0 Å². The lowest BCUT2D eigenvalue weighted by Crippen LogP contribution is -2.15. The predicted octanol–water partition coefficient (Wildman–Crippen LogP) is 4.23. The van der Waals surface area contributed by atoms with Gasteiger partial charge in [0.1, 0.15) is 5.01 Å². The third-order valence-electron chi connectivity index (χ3n) is 3.79. The minimum atomic E-state index is 0.740. The second kappa shape index (κ2) is 5.48. The highest BCUT2D eigenvalue weighted by molar-refractivity contribution is 7.17. The van der Waals surface area contributed by atoms with Gasteiger partial charge in [-0.1, -0.05) is 6.92 Å². The van der Waals surface area contributed by atoms with Crippen molar-refractivity contribution in [1.82, 2.24) is 15.3 Å². The van der Waals surface area contributed by atoms with Crippen LogP contribution in [0.4, 0.5) is 0 Å². The van der Waals surface area contributed by atoms with E-state index in [-0.39, 0.29) is 0 Å². The first-order chi connectivity index (χ1) is 10.3. The Balaban J connectivity index is 1.66. The van der Waals surface area contributed by atoms with Crippen molar-refractivity contribution in [2.45, 2.75) is 38.8 Å². The molecule has 3 nitrogen and oxygen atoms in total. The molecule has 1 saturated carbocycles. The lowest BCUT2D eigenvalue weighted by atomic mass is 10.2. The van der Waals surface area contributed by atoms with Gasteiger partial charge in [-0.05, 0) is 36.8 Å². The van der Waals surface area contributed by atoms with Crippen molar-refractivity contribution in [1.29, 1.82) is 0 Å². The lowest BCUT2D eigenvalue weighted by Gasteiger charge is -2.00. The monoisotopic (exact) mass is 315 g/mol. The number of thiazole rings is 1. The molecule has 4 rings (SSSR count). The van der Waals surface area contributed by atoms with Gasteiger partial charge in [-0.3, -0.25) is 4.98 Å². The number of hydrogen-bond donors (Lipinski definition) is 1. The number of rotatable bonds is 5. The summed E-state index contributed by atoms with van der Waals surface area (Å²) in [6, 6.07) is 5.02. The van der Waals surface area contributed by atoms with Crippen molar-refractivity contribution < 1.29 is 0 Å². The SMILES string of the molecule is CCc1nc(-c2cnc3ccsc3c2)sc1CNC1CC1. The van der Waals surface area contributed by atoms with E-state index in [4.69, 9.17) is 4.98 Å². The second-order valence-electron chi connectivity index (χ2n) is 5.43. The fourth-order valence-corrected chi connectivity index (χ4v) is 4.27. The van der Waals surface area contributed by atoms with E-state index in [1.807, 2.05) is 17.5 Å². The minimum Gasteiger partial charge on any atom is -0.309 e. The van der Waals surface area contributed by atoms with E-state index in [2.05, 4.69) is 34.7 Å². The molecular weight excluding hydrogens is 298 g/mol. The molecule has 108 valence electrons. The Morgan fingerprint density at radius 3 is 3.10 bits per heavy atom. The van der Waals surface area contributed by atoms with Gasteiger partial charge in [-0.2, -0.15) is 0 Å². The highest BCUT2D eigenvalue weighted by Crippen LogP contribution is 2.31. The quantitative estimate of drug-likeness (QED) is 0.765. The molecule has 1 N–H and O–H groups in total. The summed E-state index contributed by atoms with van der Waals surface area (Å²) < 4.78 is 1.23. The topological polar surface area (TPSA) is 37.8 Å². The minimum absolute atomic E-state index is 0.740. The van der Waals surface area contributed by atoms with Crippen LogP contribution in [-0.2, 0) is 13.0 Å².